The number of thioether (sulfide) groups is 1. The molecule has 6 nitrogen and oxygen atoms in total. The van der Waals surface area contributed by atoms with Gasteiger partial charge in [-0.1, -0.05) is 74.1 Å². The molecule has 0 saturated heterocycles. The van der Waals surface area contributed by atoms with Crippen LogP contribution in [0.25, 0.3) is 0 Å². The molecule has 0 spiro atoms. The fourth-order valence-corrected chi connectivity index (χ4v) is 5.44. The second-order valence-corrected chi connectivity index (χ2v) is 10.2. The Morgan fingerprint density at radius 1 is 1.12 bits per heavy atom. The zero-order chi connectivity index (χ0) is 23.0. The Morgan fingerprint density at radius 3 is 2.67 bits per heavy atom. The third-order valence-electron chi connectivity index (χ3n) is 6.04. The Bertz CT molecular complexity index is 1220. The fraction of sp³-hybridized carbons (Fsp3) is 0.346. The van der Waals surface area contributed by atoms with Crippen molar-refractivity contribution in [3.63, 3.8) is 0 Å². The highest BCUT2D eigenvalue weighted by Gasteiger charge is 2.42. The number of anilines is 1. The lowest BCUT2D eigenvalue weighted by Gasteiger charge is -2.38. The van der Waals surface area contributed by atoms with Gasteiger partial charge < -0.3 is 10.1 Å². The first-order chi connectivity index (χ1) is 15.9. The number of allylic oxidation sites excluding steroid dienone is 2. The number of ketones is 1. The van der Waals surface area contributed by atoms with E-state index in [1.54, 1.807) is 11.8 Å². The SMILES string of the molecule is CCOc1ccccc1[C@@H]1C2=C(CC(C)(C)CC2=O)Nc2nc(SCc3ccccc3)nn21. The zero-order valence-electron chi connectivity index (χ0n) is 19.2. The third-order valence-corrected chi connectivity index (χ3v) is 6.95. The number of aromatic nitrogens is 3. The third kappa shape index (κ3) is 4.29. The number of hydrogen-bond donors (Lipinski definition) is 1. The van der Waals surface area contributed by atoms with Crippen LogP contribution in [-0.4, -0.2) is 27.2 Å². The second kappa shape index (κ2) is 8.71. The Morgan fingerprint density at radius 2 is 1.88 bits per heavy atom. The summed E-state index contributed by atoms with van der Waals surface area (Å²) in [5.74, 6) is 2.39. The molecule has 0 radical (unpaired) electrons. The van der Waals surface area contributed by atoms with Crippen LogP contribution in [0.5, 0.6) is 5.75 Å². The molecule has 1 aliphatic carbocycles. The lowest BCUT2D eigenvalue weighted by molar-refractivity contribution is -0.118. The molecule has 0 unspecified atom stereocenters. The van der Waals surface area contributed by atoms with Crippen LogP contribution in [0.3, 0.4) is 0 Å². The summed E-state index contributed by atoms with van der Waals surface area (Å²) in [6.45, 7) is 6.80. The molecule has 5 rings (SSSR count). The quantitative estimate of drug-likeness (QED) is 0.481. The molecule has 1 N–H and O–H groups in total. The van der Waals surface area contributed by atoms with E-state index in [1.165, 1.54) is 5.56 Å². The summed E-state index contributed by atoms with van der Waals surface area (Å²) in [7, 11) is 0. The highest BCUT2D eigenvalue weighted by atomic mass is 32.2. The summed E-state index contributed by atoms with van der Waals surface area (Å²) < 4.78 is 7.81. The van der Waals surface area contributed by atoms with E-state index in [1.807, 2.05) is 54.1 Å². The van der Waals surface area contributed by atoms with E-state index in [0.29, 0.717) is 24.1 Å². The molecule has 170 valence electrons. The van der Waals surface area contributed by atoms with E-state index in [-0.39, 0.29) is 17.2 Å². The smallest absolute Gasteiger partial charge is 0.227 e. The number of benzene rings is 2. The van der Waals surface area contributed by atoms with Crippen molar-refractivity contribution in [1.29, 1.82) is 0 Å². The van der Waals surface area contributed by atoms with Gasteiger partial charge in [0.25, 0.3) is 0 Å². The minimum Gasteiger partial charge on any atom is -0.494 e. The number of nitrogens with zero attached hydrogens (tertiary/aromatic N) is 3. The molecule has 2 aliphatic rings. The number of ether oxygens (including phenoxy) is 1. The number of hydrogen-bond acceptors (Lipinski definition) is 6. The van der Waals surface area contributed by atoms with Crippen molar-refractivity contribution in [3.05, 3.63) is 77.0 Å². The molecular weight excluding hydrogens is 432 g/mol. The molecule has 1 aliphatic heterocycles. The average Bonchev–Trinajstić information content (AvgIpc) is 3.19. The van der Waals surface area contributed by atoms with Crippen molar-refractivity contribution < 1.29 is 9.53 Å². The fourth-order valence-electron chi connectivity index (χ4n) is 4.65. The average molecular weight is 461 g/mol. The summed E-state index contributed by atoms with van der Waals surface area (Å²) in [6.07, 6.45) is 1.31. The molecule has 33 heavy (non-hydrogen) atoms. The van der Waals surface area contributed by atoms with Crippen molar-refractivity contribution in [3.8, 4) is 5.75 Å². The van der Waals surface area contributed by atoms with Crippen LogP contribution in [-0.2, 0) is 10.5 Å². The van der Waals surface area contributed by atoms with Gasteiger partial charge in [0, 0.05) is 29.0 Å². The van der Waals surface area contributed by atoms with Gasteiger partial charge in [-0.15, -0.1) is 5.10 Å². The van der Waals surface area contributed by atoms with Gasteiger partial charge in [-0.3, -0.25) is 4.79 Å². The number of nitrogens with one attached hydrogen (secondary N) is 1. The van der Waals surface area contributed by atoms with E-state index in [4.69, 9.17) is 14.8 Å². The van der Waals surface area contributed by atoms with E-state index < -0.39 is 0 Å². The van der Waals surface area contributed by atoms with Crippen molar-refractivity contribution in [2.75, 3.05) is 11.9 Å². The predicted molar refractivity (Wildman–Crippen MR) is 130 cm³/mol. The maximum atomic E-state index is 13.4. The lowest BCUT2D eigenvalue weighted by Crippen LogP contribution is -2.36. The Balaban J connectivity index is 1.57. The van der Waals surface area contributed by atoms with Gasteiger partial charge in [-0.25, -0.2) is 4.68 Å². The van der Waals surface area contributed by atoms with Crippen molar-refractivity contribution in [1.82, 2.24) is 14.8 Å². The molecule has 0 fully saturated rings. The van der Waals surface area contributed by atoms with Gasteiger partial charge in [0.05, 0.1) is 6.61 Å². The summed E-state index contributed by atoms with van der Waals surface area (Å²) in [6, 6.07) is 17.9. The normalized spacial score (nSPS) is 19.0. The van der Waals surface area contributed by atoms with Gasteiger partial charge >= 0.3 is 0 Å². The van der Waals surface area contributed by atoms with Crippen molar-refractivity contribution in [2.24, 2.45) is 5.41 Å². The highest BCUT2D eigenvalue weighted by molar-refractivity contribution is 7.98. The maximum absolute atomic E-state index is 13.4. The molecule has 1 aromatic heterocycles. The predicted octanol–water partition coefficient (Wildman–Crippen LogP) is 5.63. The largest absolute Gasteiger partial charge is 0.494 e. The first-order valence-electron chi connectivity index (χ1n) is 11.3. The summed E-state index contributed by atoms with van der Waals surface area (Å²) >= 11 is 1.59. The molecule has 2 aromatic carbocycles. The zero-order valence-corrected chi connectivity index (χ0v) is 20.0. The van der Waals surface area contributed by atoms with E-state index in [9.17, 15) is 4.79 Å². The van der Waals surface area contributed by atoms with Crippen LogP contribution in [0.2, 0.25) is 0 Å². The number of carbonyl (C=O) groups excluding carboxylic acids is 1. The Labute approximate surface area is 198 Å². The van der Waals surface area contributed by atoms with E-state index >= 15 is 0 Å². The summed E-state index contributed by atoms with van der Waals surface area (Å²) in [4.78, 5) is 18.2. The summed E-state index contributed by atoms with van der Waals surface area (Å²) in [5, 5.41) is 8.99. The first-order valence-corrected chi connectivity index (χ1v) is 12.3. The second-order valence-electron chi connectivity index (χ2n) is 9.27. The van der Waals surface area contributed by atoms with Gasteiger partial charge in [0.2, 0.25) is 11.1 Å². The number of rotatable bonds is 6. The van der Waals surface area contributed by atoms with Crippen molar-refractivity contribution >= 4 is 23.5 Å². The molecule has 3 aromatic rings. The molecule has 0 saturated carbocycles. The van der Waals surface area contributed by atoms with Crippen molar-refractivity contribution in [2.45, 2.75) is 50.6 Å². The van der Waals surface area contributed by atoms with Crippen LogP contribution >= 0.6 is 11.8 Å². The minimum atomic E-state index is -0.360. The number of Topliss-reactive ketones (excluding diaryl/α,β-unsaturated/α-hetero) is 1. The first kappa shape index (κ1) is 21.8. The topological polar surface area (TPSA) is 69.0 Å². The van der Waals surface area contributed by atoms with Crippen LogP contribution in [0.4, 0.5) is 5.95 Å². The van der Waals surface area contributed by atoms with Crippen LogP contribution in [0.1, 0.15) is 50.8 Å². The monoisotopic (exact) mass is 460 g/mol. The molecular formula is C26H28N4O2S. The molecule has 0 amide bonds. The Hall–Kier alpha value is -3.06. The van der Waals surface area contributed by atoms with Gasteiger partial charge in [0.15, 0.2) is 5.78 Å². The summed E-state index contributed by atoms with van der Waals surface area (Å²) in [5.41, 5.74) is 3.79. The molecule has 0 bridgehead atoms. The number of carbonyl (C=O) groups is 1. The highest BCUT2D eigenvalue weighted by Crippen LogP contribution is 2.47. The lowest BCUT2D eigenvalue weighted by atomic mass is 9.73. The Kier molecular flexibility index (Phi) is 5.74. The van der Waals surface area contributed by atoms with Crippen LogP contribution in [0, 0.1) is 5.41 Å². The molecule has 2 heterocycles. The van der Waals surface area contributed by atoms with Crippen LogP contribution < -0.4 is 10.1 Å². The van der Waals surface area contributed by atoms with E-state index in [0.717, 1.165) is 34.8 Å². The molecule has 1 atom stereocenters. The maximum Gasteiger partial charge on any atom is 0.227 e. The molecule has 7 heteroatoms. The number of fused-ring (bicyclic) bond motifs is 1. The minimum absolute atomic E-state index is 0.0972. The standard InChI is InChI=1S/C26H28N4O2S/c1-4-32-21-13-9-8-12-18(21)23-22-19(14-26(2,3)15-20(22)31)27-24-28-25(29-30(23)24)33-16-17-10-6-5-7-11-17/h5-13,23H,4,14-16H2,1-3H3,(H,27,28,29)/t23-/m1/s1. The van der Waals surface area contributed by atoms with Crippen LogP contribution in [0.15, 0.2) is 71.0 Å². The van der Waals surface area contributed by atoms with Gasteiger partial charge in [0.1, 0.15) is 11.8 Å². The van der Waals surface area contributed by atoms with E-state index in [2.05, 4.69) is 31.3 Å². The van der Waals surface area contributed by atoms with Gasteiger partial charge in [-0.05, 0) is 30.4 Å². The van der Waals surface area contributed by atoms with Gasteiger partial charge in [-0.2, -0.15) is 4.98 Å². The number of para-hydroxylation sites is 1.